The minimum atomic E-state index is 0.813. The maximum Gasteiger partial charge on any atom is 0.177 e. The van der Waals surface area contributed by atoms with Crippen molar-refractivity contribution in [2.24, 2.45) is 7.05 Å². The Morgan fingerprint density at radius 2 is 1.27 bits per heavy atom. The maximum atomic E-state index is 4.85. The largest absolute Gasteiger partial charge is 0.249 e. The molecule has 4 heteroatoms. The first-order valence-electron chi connectivity index (χ1n) is 7.22. The number of nitrogens with zero attached hydrogens (tertiary/aromatic N) is 4. The summed E-state index contributed by atoms with van der Waals surface area (Å²) in [6.07, 6.45) is 1.77. The van der Waals surface area contributed by atoms with Crippen LogP contribution in [-0.2, 0) is 7.05 Å². The van der Waals surface area contributed by atoms with Gasteiger partial charge in [0.05, 0.1) is 17.2 Å². The van der Waals surface area contributed by atoms with Gasteiger partial charge in [0.2, 0.25) is 0 Å². The van der Waals surface area contributed by atoms with Gasteiger partial charge >= 0.3 is 0 Å². The minimum Gasteiger partial charge on any atom is -0.249 e. The molecule has 0 fully saturated rings. The normalized spacial score (nSPS) is 11.9. The third-order valence-corrected chi connectivity index (χ3v) is 4.22. The number of aryl methyl sites for hydroxylation is 1. The third-order valence-electron chi connectivity index (χ3n) is 4.22. The highest BCUT2D eigenvalue weighted by Crippen LogP contribution is 2.33. The molecule has 22 heavy (non-hydrogen) atoms. The molecule has 0 aliphatic carbocycles. The summed E-state index contributed by atoms with van der Waals surface area (Å²) < 4.78 is 1.77. The van der Waals surface area contributed by atoms with Crippen LogP contribution in [-0.4, -0.2) is 19.7 Å². The molecule has 0 saturated heterocycles. The van der Waals surface area contributed by atoms with Crippen LogP contribution in [0.2, 0.25) is 0 Å². The number of fused-ring (bicyclic) bond motifs is 7. The van der Waals surface area contributed by atoms with Gasteiger partial charge < -0.3 is 0 Å². The lowest BCUT2D eigenvalue weighted by Crippen LogP contribution is -1.95. The van der Waals surface area contributed by atoms with Gasteiger partial charge in [-0.15, -0.1) is 0 Å². The summed E-state index contributed by atoms with van der Waals surface area (Å²) in [5.41, 5.74) is 3.52. The quantitative estimate of drug-likeness (QED) is 0.406. The Balaban J connectivity index is 2.18. The van der Waals surface area contributed by atoms with Crippen LogP contribution in [0.1, 0.15) is 0 Å². The number of hydrogen-bond acceptors (Lipinski definition) is 3. The standard InChI is InChI=1S/C18H12N4/c1-22-18-15(10-19-22)20-16-13-8-4-2-6-11(13)12-7-3-5-9-14(12)17(16)21-18/h2-10H,1H3. The highest BCUT2D eigenvalue weighted by atomic mass is 15.3. The van der Waals surface area contributed by atoms with Crippen LogP contribution < -0.4 is 0 Å². The Bertz CT molecular complexity index is 1190. The number of aromatic nitrogens is 4. The topological polar surface area (TPSA) is 43.6 Å². The van der Waals surface area contributed by atoms with Gasteiger partial charge in [0.25, 0.3) is 0 Å². The number of hydrogen-bond donors (Lipinski definition) is 0. The van der Waals surface area contributed by atoms with Gasteiger partial charge in [0.15, 0.2) is 5.65 Å². The molecule has 0 saturated carbocycles. The summed E-state index contributed by atoms with van der Waals surface area (Å²) in [7, 11) is 1.89. The van der Waals surface area contributed by atoms with E-state index in [0.717, 1.165) is 33.0 Å². The van der Waals surface area contributed by atoms with Crippen LogP contribution in [0, 0.1) is 0 Å². The molecule has 0 bridgehead atoms. The van der Waals surface area contributed by atoms with Crippen molar-refractivity contribution in [2.75, 3.05) is 0 Å². The zero-order valence-corrected chi connectivity index (χ0v) is 12.0. The van der Waals surface area contributed by atoms with Gasteiger partial charge in [0, 0.05) is 17.8 Å². The van der Waals surface area contributed by atoms with Gasteiger partial charge in [-0.2, -0.15) is 5.10 Å². The Hall–Kier alpha value is -3.01. The molecule has 2 heterocycles. The lowest BCUT2D eigenvalue weighted by Gasteiger charge is -2.08. The Kier molecular flexibility index (Phi) is 2.12. The molecule has 4 nitrogen and oxygen atoms in total. The van der Waals surface area contributed by atoms with E-state index in [1.54, 1.807) is 10.9 Å². The molecule has 0 N–H and O–H groups in total. The number of rotatable bonds is 0. The second-order valence-electron chi connectivity index (χ2n) is 5.49. The van der Waals surface area contributed by atoms with Crippen LogP contribution >= 0.6 is 0 Å². The second-order valence-corrected chi connectivity index (χ2v) is 5.49. The summed E-state index contributed by atoms with van der Waals surface area (Å²) in [6.45, 7) is 0. The van der Waals surface area contributed by atoms with Crippen molar-refractivity contribution in [3.05, 3.63) is 54.7 Å². The van der Waals surface area contributed by atoms with Crippen LogP contribution in [0.3, 0.4) is 0 Å². The van der Waals surface area contributed by atoms with Crippen molar-refractivity contribution in [3.63, 3.8) is 0 Å². The van der Waals surface area contributed by atoms with Gasteiger partial charge in [-0.3, -0.25) is 0 Å². The van der Waals surface area contributed by atoms with Crippen LogP contribution in [0.15, 0.2) is 54.7 Å². The van der Waals surface area contributed by atoms with Crippen molar-refractivity contribution in [1.82, 2.24) is 19.7 Å². The van der Waals surface area contributed by atoms with E-state index >= 15 is 0 Å². The van der Waals surface area contributed by atoms with E-state index < -0.39 is 0 Å². The molecule has 5 aromatic rings. The summed E-state index contributed by atoms with van der Waals surface area (Å²) in [6, 6.07) is 16.7. The Morgan fingerprint density at radius 1 is 0.727 bits per heavy atom. The fraction of sp³-hybridized carbons (Fsp3) is 0.0556. The molecule has 104 valence electrons. The molecule has 0 atom stereocenters. The highest BCUT2D eigenvalue weighted by molar-refractivity contribution is 6.23. The average Bonchev–Trinajstić information content (AvgIpc) is 2.94. The van der Waals surface area contributed by atoms with Crippen molar-refractivity contribution in [2.45, 2.75) is 0 Å². The van der Waals surface area contributed by atoms with E-state index in [1.807, 2.05) is 19.2 Å². The first-order valence-corrected chi connectivity index (χ1v) is 7.22. The number of benzene rings is 3. The fourth-order valence-electron chi connectivity index (χ4n) is 3.18. The molecule has 0 radical (unpaired) electrons. The highest BCUT2D eigenvalue weighted by Gasteiger charge is 2.13. The van der Waals surface area contributed by atoms with E-state index in [2.05, 4.69) is 41.5 Å². The summed E-state index contributed by atoms with van der Waals surface area (Å²) >= 11 is 0. The molecule has 0 aliphatic rings. The van der Waals surface area contributed by atoms with Crippen LogP contribution in [0.4, 0.5) is 0 Å². The molecular weight excluding hydrogens is 272 g/mol. The van der Waals surface area contributed by atoms with Gasteiger partial charge in [-0.25, -0.2) is 14.6 Å². The predicted octanol–water partition coefficient (Wildman–Crippen LogP) is 3.82. The van der Waals surface area contributed by atoms with Gasteiger partial charge in [-0.1, -0.05) is 48.5 Å². The summed E-state index contributed by atoms with van der Waals surface area (Å²) in [4.78, 5) is 9.68. The van der Waals surface area contributed by atoms with Gasteiger partial charge in [-0.05, 0) is 10.8 Å². The van der Waals surface area contributed by atoms with Crippen LogP contribution in [0.25, 0.3) is 43.7 Å². The van der Waals surface area contributed by atoms with E-state index in [-0.39, 0.29) is 0 Å². The van der Waals surface area contributed by atoms with Crippen molar-refractivity contribution in [1.29, 1.82) is 0 Å². The minimum absolute atomic E-state index is 0.813. The molecule has 5 rings (SSSR count). The summed E-state index contributed by atoms with van der Waals surface area (Å²) in [5, 5.41) is 8.96. The second kappa shape index (κ2) is 4.01. The van der Waals surface area contributed by atoms with Crippen molar-refractivity contribution in [3.8, 4) is 0 Å². The zero-order chi connectivity index (χ0) is 14.7. The van der Waals surface area contributed by atoms with Gasteiger partial charge in [0.1, 0.15) is 5.52 Å². The Labute approximate surface area is 126 Å². The molecule has 0 spiro atoms. The van der Waals surface area contributed by atoms with E-state index in [9.17, 15) is 0 Å². The van der Waals surface area contributed by atoms with E-state index in [4.69, 9.17) is 9.97 Å². The maximum absolute atomic E-state index is 4.85. The smallest absolute Gasteiger partial charge is 0.177 e. The first kappa shape index (κ1) is 11.6. The predicted molar refractivity (Wildman–Crippen MR) is 88.8 cm³/mol. The molecule has 0 unspecified atom stereocenters. The first-order chi connectivity index (χ1) is 10.8. The SMILES string of the molecule is Cn1ncc2nc3c4ccccc4c4ccccc4c3nc21. The molecular formula is C18H12N4. The monoisotopic (exact) mass is 284 g/mol. The lowest BCUT2D eigenvalue weighted by molar-refractivity contribution is 0.788. The molecule has 0 aliphatic heterocycles. The van der Waals surface area contributed by atoms with E-state index in [1.165, 1.54) is 10.8 Å². The Morgan fingerprint density at radius 3 is 1.91 bits per heavy atom. The average molecular weight is 284 g/mol. The van der Waals surface area contributed by atoms with E-state index in [0.29, 0.717) is 0 Å². The van der Waals surface area contributed by atoms with Crippen LogP contribution in [0.5, 0.6) is 0 Å². The molecule has 3 aromatic carbocycles. The third kappa shape index (κ3) is 1.39. The zero-order valence-electron chi connectivity index (χ0n) is 12.0. The molecule has 0 amide bonds. The van der Waals surface area contributed by atoms with Crippen molar-refractivity contribution < 1.29 is 0 Å². The lowest BCUT2D eigenvalue weighted by atomic mass is 9.99. The fourth-order valence-corrected chi connectivity index (χ4v) is 3.18. The van der Waals surface area contributed by atoms with Crippen molar-refractivity contribution >= 4 is 43.7 Å². The summed E-state index contributed by atoms with van der Waals surface area (Å²) in [5.74, 6) is 0. The molecule has 2 aromatic heterocycles.